The van der Waals surface area contributed by atoms with Crippen LogP contribution in [0.15, 0.2) is 23.1 Å². The highest BCUT2D eigenvalue weighted by Gasteiger charge is 2.24. The lowest BCUT2D eigenvalue weighted by Crippen LogP contribution is -2.36. The maximum absolute atomic E-state index is 11.9. The Morgan fingerprint density at radius 1 is 1.47 bits per heavy atom. The number of unbranched alkanes of at least 4 members (excludes halogenated alkanes) is 1. The highest BCUT2D eigenvalue weighted by atomic mass is 32.2. The van der Waals surface area contributed by atoms with Crippen LogP contribution >= 0.6 is 11.8 Å². The predicted molar refractivity (Wildman–Crippen MR) is 69.8 cm³/mol. The molecule has 0 unspecified atom stereocenters. The lowest BCUT2D eigenvalue weighted by Gasteiger charge is -2.29. The molecule has 0 aliphatic carbocycles. The molecular formula is C13H15NO2S. The van der Waals surface area contributed by atoms with E-state index < -0.39 is 0 Å². The molecule has 1 heterocycles. The van der Waals surface area contributed by atoms with Crippen LogP contribution in [-0.4, -0.2) is 24.5 Å². The van der Waals surface area contributed by atoms with Crippen LogP contribution in [0.5, 0.6) is 0 Å². The first kappa shape index (κ1) is 12.2. The van der Waals surface area contributed by atoms with Crippen molar-refractivity contribution in [2.75, 3.05) is 17.2 Å². The molecule has 0 fully saturated rings. The van der Waals surface area contributed by atoms with Crippen LogP contribution in [0.1, 0.15) is 30.1 Å². The van der Waals surface area contributed by atoms with Crippen molar-refractivity contribution >= 4 is 29.6 Å². The van der Waals surface area contributed by atoms with Gasteiger partial charge in [-0.3, -0.25) is 9.59 Å². The van der Waals surface area contributed by atoms with Gasteiger partial charge in [0, 0.05) is 17.0 Å². The summed E-state index contributed by atoms with van der Waals surface area (Å²) in [5.74, 6) is 0.633. The Balaban J connectivity index is 2.31. The summed E-state index contributed by atoms with van der Waals surface area (Å²) in [4.78, 5) is 25.4. The number of carbonyl (C=O) groups is 2. The number of amides is 1. The first-order valence-electron chi connectivity index (χ1n) is 5.78. The molecule has 4 heteroatoms. The summed E-state index contributed by atoms with van der Waals surface area (Å²) in [6.07, 6.45) is 2.91. The van der Waals surface area contributed by atoms with Crippen molar-refractivity contribution in [3.63, 3.8) is 0 Å². The fourth-order valence-electron chi connectivity index (χ4n) is 1.86. The summed E-state index contributed by atoms with van der Waals surface area (Å²) >= 11 is 1.51. The number of hydrogen-bond acceptors (Lipinski definition) is 3. The molecule has 0 spiro atoms. The van der Waals surface area contributed by atoms with Crippen LogP contribution in [-0.2, 0) is 4.79 Å². The molecule has 17 heavy (non-hydrogen) atoms. The van der Waals surface area contributed by atoms with E-state index in [-0.39, 0.29) is 5.91 Å². The van der Waals surface area contributed by atoms with E-state index in [1.54, 1.807) is 6.07 Å². The van der Waals surface area contributed by atoms with Crippen LogP contribution in [0, 0.1) is 0 Å². The van der Waals surface area contributed by atoms with Crippen molar-refractivity contribution in [1.29, 1.82) is 0 Å². The van der Waals surface area contributed by atoms with E-state index in [0.29, 0.717) is 11.3 Å². The van der Waals surface area contributed by atoms with Gasteiger partial charge in [0.05, 0.1) is 11.4 Å². The Hall–Kier alpha value is -1.29. The van der Waals surface area contributed by atoms with Gasteiger partial charge in [0.2, 0.25) is 5.91 Å². The normalized spacial score (nSPS) is 14.6. The van der Waals surface area contributed by atoms with Gasteiger partial charge in [0.1, 0.15) is 6.29 Å². The van der Waals surface area contributed by atoms with E-state index in [0.717, 1.165) is 36.3 Å². The highest BCUT2D eigenvalue weighted by Crippen LogP contribution is 2.35. The SMILES string of the molecule is CCCCN1C(=O)CSc2cc(C=O)ccc21. The zero-order valence-corrected chi connectivity index (χ0v) is 10.6. The van der Waals surface area contributed by atoms with Gasteiger partial charge in [-0.05, 0) is 24.6 Å². The number of hydrogen-bond donors (Lipinski definition) is 0. The van der Waals surface area contributed by atoms with E-state index in [1.807, 2.05) is 17.0 Å². The monoisotopic (exact) mass is 249 g/mol. The molecular weight excluding hydrogens is 234 g/mol. The Morgan fingerprint density at radius 2 is 2.29 bits per heavy atom. The molecule has 2 rings (SSSR count). The minimum Gasteiger partial charge on any atom is -0.311 e. The first-order chi connectivity index (χ1) is 8.26. The van der Waals surface area contributed by atoms with Crippen molar-refractivity contribution in [3.05, 3.63) is 23.8 Å². The maximum Gasteiger partial charge on any atom is 0.237 e. The van der Waals surface area contributed by atoms with Gasteiger partial charge in [0.25, 0.3) is 0 Å². The minimum atomic E-state index is 0.162. The number of carbonyl (C=O) groups excluding carboxylic acids is 2. The summed E-state index contributed by atoms with van der Waals surface area (Å²) in [7, 11) is 0. The van der Waals surface area contributed by atoms with Gasteiger partial charge in [-0.15, -0.1) is 11.8 Å². The molecule has 0 aromatic heterocycles. The molecule has 0 saturated carbocycles. The van der Waals surface area contributed by atoms with Gasteiger partial charge >= 0.3 is 0 Å². The smallest absolute Gasteiger partial charge is 0.237 e. The number of fused-ring (bicyclic) bond motifs is 1. The fraction of sp³-hybridized carbons (Fsp3) is 0.385. The number of benzene rings is 1. The number of thioether (sulfide) groups is 1. The summed E-state index contributed by atoms with van der Waals surface area (Å²) in [5, 5.41) is 0. The standard InChI is InChI=1S/C13H15NO2S/c1-2-3-6-14-11-5-4-10(8-15)7-12(11)17-9-13(14)16/h4-5,7-8H,2-3,6,9H2,1H3. The molecule has 1 aromatic carbocycles. The van der Waals surface area contributed by atoms with Crippen molar-refractivity contribution in [3.8, 4) is 0 Å². The third-order valence-corrected chi connectivity index (χ3v) is 3.83. The number of nitrogens with zero attached hydrogens (tertiary/aromatic N) is 1. The van der Waals surface area contributed by atoms with Gasteiger partial charge in [0.15, 0.2) is 0 Å². The molecule has 1 aromatic rings. The molecule has 90 valence electrons. The highest BCUT2D eigenvalue weighted by molar-refractivity contribution is 8.00. The Labute approximate surface area is 105 Å². The second-order valence-corrected chi connectivity index (χ2v) is 5.05. The van der Waals surface area contributed by atoms with Crippen LogP contribution in [0.2, 0.25) is 0 Å². The minimum absolute atomic E-state index is 0.162. The van der Waals surface area contributed by atoms with Gasteiger partial charge in [-0.25, -0.2) is 0 Å². The van der Waals surface area contributed by atoms with Crippen LogP contribution < -0.4 is 4.90 Å². The summed E-state index contributed by atoms with van der Waals surface area (Å²) < 4.78 is 0. The predicted octanol–water partition coefficient (Wildman–Crippen LogP) is 2.74. The van der Waals surface area contributed by atoms with Gasteiger partial charge in [-0.1, -0.05) is 13.3 Å². The quantitative estimate of drug-likeness (QED) is 0.770. The van der Waals surface area contributed by atoms with E-state index in [1.165, 1.54) is 11.8 Å². The zero-order valence-electron chi connectivity index (χ0n) is 9.81. The second-order valence-electron chi connectivity index (χ2n) is 4.03. The lowest BCUT2D eigenvalue weighted by atomic mass is 10.2. The van der Waals surface area contributed by atoms with Crippen LogP contribution in [0.25, 0.3) is 0 Å². The molecule has 1 aliphatic heterocycles. The average molecular weight is 249 g/mol. The van der Waals surface area contributed by atoms with Crippen molar-refractivity contribution < 1.29 is 9.59 Å². The molecule has 0 radical (unpaired) electrons. The van der Waals surface area contributed by atoms with Gasteiger partial charge in [-0.2, -0.15) is 0 Å². The molecule has 0 atom stereocenters. The number of rotatable bonds is 4. The van der Waals surface area contributed by atoms with Crippen molar-refractivity contribution in [2.24, 2.45) is 0 Å². The summed E-state index contributed by atoms with van der Waals surface area (Å²) in [5.41, 5.74) is 1.62. The maximum atomic E-state index is 11.9. The molecule has 1 aliphatic rings. The summed E-state index contributed by atoms with van der Waals surface area (Å²) in [6.45, 7) is 2.88. The van der Waals surface area contributed by atoms with E-state index in [9.17, 15) is 9.59 Å². The topological polar surface area (TPSA) is 37.4 Å². The van der Waals surface area contributed by atoms with Crippen LogP contribution in [0.4, 0.5) is 5.69 Å². The summed E-state index contributed by atoms with van der Waals surface area (Å²) in [6, 6.07) is 5.50. The van der Waals surface area contributed by atoms with E-state index in [2.05, 4.69) is 6.92 Å². The van der Waals surface area contributed by atoms with Crippen molar-refractivity contribution in [1.82, 2.24) is 0 Å². The van der Waals surface area contributed by atoms with E-state index >= 15 is 0 Å². The first-order valence-corrected chi connectivity index (χ1v) is 6.77. The Bertz CT molecular complexity index is 445. The van der Waals surface area contributed by atoms with Gasteiger partial charge < -0.3 is 4.90 Å². The molecule has 0 saturated heterocycles. The molecule has 1 amide bonds. The number of anilines is 1. The average Bonchev–Trinajstić information content (AvgIpc) is 2.37. The number of aldehydes is 1. The third kappa shape index (κ3) is 2.52. The second kappa shape index (κ2) is 5.36. The molecule has 0 bridgehead atoms. The Kier molecular flexibility index (Phi) is 3.84. The fourth-order valence-corrected chi connectivity index (χ4v) is 2.84. The lowest BCUT2D eigenvalue weighted by molar-refractivity contribution is -0.116. The van der Waals surface area contributed by atoms with E-state index in [4.69, 9.17) is 0 Å². The third-order valence-electron chi connectivity index (χ3n) is 2.80. The van der Waals surface area contributed by atoms with Crippen LogP contribution in [0.3, 0.4) is 0 Å². The Morgan fingerprint density at radius 3 is 3.00 bits per heavy atom. The molecule has 0 N–H and O–H groups in total. The molecule has 3 nitrogen and oxygen atoms in total. The largest absolute Gasteiger partial charge is 0.311 e. The van der Waals surface area contributed by atoms with Crippen molar-refractivity contribution in [2.45, 2.75) is 24.7 Å². The zero-order chi connectivity index (χ0) is 12.3.